The predicted octanol–water partition coefficient (Wildman–Crippen LogP) is 3.83. The van der Waals surface area contributed by atoms with Crippen molar-refractivity contribution in [3.8, 4) is 17.2 Å². The van der Waals surface area contributed by atoms with Crippen molar-refractivity contribution < 1.29 is 23.9 Å². The third kappa shape index (κ3) is 4.00. The van der Waals surface area contributed by atoms with Crippen LogP contribution in [-0.2, 0) is 18.0 Å². The first-order chi connectivity index (χ1) is 12.2. The van der Waals surface area contributed by atoms with Crippen molar-refractivity contribution in [1.29, 1.82) is 0 Å². The molecule has 0 fully saturated rings. The van der Waals surface area contributed by atoms with Crippen LogP contribution < -0.4 is 14.2 Å². The Hall–Kier alpha value is -2.80. The minimum absolute atomic E-state index is 0.0121. The maximum atomic E-state index is 11.1. The van der Waals surface area contributed by atoms with E-state index < -0.39 is 4.92 Å². The molecule has 0 amide bonds. The Morgan fingerprint density at radius 1 is 1.20 bits per heavy atom. The van der Waals surface area contributed by atoms with E-state index >= 15 is 0 Å². The first kappa shape index (κ1) is 17.0. The summed E-state index contributed by atoms with van der Waals surface area (Å²) in [7, 11) is 0. The number of hydrogen-bond acceptors (Lipinski definition) is 6. The topological polar surface area (TPSA) is 80.1 Å². The van der Waals surface area contributed by atoms with Crippen LogP contribution in [-0.4, -0.2) is 18.3 Å². The molecule has 0 bridgehead atoms. The van der Waals surface area contributed by atoms with Crippen LogP contribution in [0.4, 0.5) is 5.69 Å². The lowest BCUT2D eigenvalue weighted by molar-refractivity contribution is -0.385. The van der Waals surface area contributed by atoms with Crippen LogP contribution in [0.25, 0.3) is 0 Å². The zero-order chi connectivity index (χ0) is 17.6. The van der Waals surface area contributed by atoms with Crippen molar-refractivity contribution >= 4 is 5.69 Å². The van der Waals surface area contributed by atoms with E-state index in [1.807, 2.05) is 25.1 Å². The monoisotopic (exact) mass is 345 g/mol. The lowest BCUT2D eigenvalue weighted by Crippen LogP contribution is -2.14. The highest BCUT2D eigenvalue weighted by atomic mass is 16.7. The van der Waals surface area contributed by atoms with Crippen LogP contribution in [0.3, 0.4) is 0 Å². The SMILES string of the molecule is CCCOc1ccccc1OCc1cc([N+](=O)[O-])cc2c1OCOC2. The number of rotatable bonds is 7. The lowest BCUT2D eigenvalue weighted by Gasteiger charge is -2.21. The molecule has 0 N–H and O–H groups in total. The Balaban J connectivity index is 1.83. The molecule has 7 nitrogen and oxygen atoms in total. The maximum Gasteiger partial charge on any atom is 0.270 e. The number of nitro benzene ring substituents is 1. The predicted molar refractivity (Wildman–Crippen MR) is 89.9 cm³/mol. The number of fused-ring (bicyclic) bond motifs is 1. The average Bonchev–Trinajstić information content (AvgIpc) is 2.64. The maximum absolute atomic E-state index is 11.1. The first-order valence-corrected chi connectivity index (χ1v) is 8.04. The summed E-state index contributed by atoms with van der Waals surface area (Å²) in [5, 5.41) is 11.1. The van der Waals surface area contributed by atoms with Gasteiger partial charge in [0.25, 0.3) is 5.69 Å². The Bertz CT molecular complexity index is 761. The smallest absolute Gasteiger partial charge is 0.270 e. The Kier molecular flexibility index (Phi) is 5.35. The van der Waals surface area contributed by atoms with Crippen LogP contribution in [0.1, 0.15) is 24.5 Å². The number of benzene rings is 2. The highest BCUT2D eigenvalue weighted by Crippen LogP contribution is 2.34. The molecule has 0 spiro atoms. The minimum Gasteiger partial charge on any atom is -0.490 e. The summed E-state index contributed by atoms with van der Waals surface area (Å²) in [6, 6.07) is 10.3. The molecule has 0 radical (unpaired) electrons. The molecule has 1 heterocycles. The van der Waals surface area contributed by atoms with Crippen LogP contribution in [0.5, 0.6) is 17.2 Å². The van der Waals surface area contributed by atoms with E-state index in [4.69, 9.17) is 18.9 Å². The fraction of sp³-hybridized carbons (Fsp3) is 0.333. The fourth-order valence-electron chi connectivity index (χ4n) is 2.55. The Morgan fingerprint density at radius 2 is 1.96 bits per heavy atom. The Morgan fingerprint density at radius 3 is 2.68 bits per heavy atom. The molecule has 0 aromatic heterocycles. The second-order valence-electron chi connectivity index (χ2n) is 5.54. The second-order valence-corrected chi connectivity index (χ2v) is 5.54. The van der Waals surface area contributed by atoms with Gasteiger partial charge in [-0.15, -0.1) is 0 Å². The van der Waals surface area contributed by atoms with Gasteiger partial charge in [0.1, 0.15) is 12.4 Å². The minimum atomic E-state index is -0.434. The quantitative estimate of drug-likeness (QED) is 0.560. The molecule has 0 aliphatic carbocycles. The summed E-state index contributed by atoms with van der Waals surface area (Å²) in [6.07, 6.45) is 0.889. The second kappa shape index (κ2) is 7.85. The highest BCUT2D eigenvalue weighted by molar-refractivity contribution is 5.50. The summed E-state index contributed by atoms with van der Waals surface area (Å²) in [6.45, 7) is 3.15. The van der Waals surface area contributed by atoms with Gasteiger partial charge in [-0.2, -0.15) is 0 Å². The van der Waals surface area contributed by atoms with E-state index in [2.05, 4.69) is 0 Å². The van der Waals surface area contributed by atoms with Crippen molar-refractivity contribution in [2.24, 2.45) is 0 Å². The van der Waals surface area contributed by atoms with Crippen molar-refractivity contribution in [3.63, 3.8) is 0 Å². The Labute approximate surface area is 145 Å². The number of para-hydroxylation sites is 2. The van der Waals surface area contributed by atoms with Crippen molar-refractivity contribution in [3.05, 3.63) is 57.6 Å². The van der Waals surface area contributed by atoms with Gasteiger partial charge in [-0.1, -0.05) is 19.1 Å². The fourth-order valence-corrected chi connectivity index (χ4v) is 2.55. The number of non-ortho nitro benzene ring substituents is 1. The van der Waals surface area contributed by atoms with Gasteiger partial charge < -0.3 is 18.9 Å². The van der Waals surface area contributed by atoms with Crippen LogP contribution in [0.2, 0.25) is 0 Å². The van der Waals surface area contributed by atoms with Crippen molar-refractivity contribution in [2.45, 2.75) is 26.6 Å². The number of hydrogen-bond donors (Lipinski definition) is 0. The van der Waals surface area contributed by atoms with Crippen LogP contribution in [0, 0.1) is 10.1 Å². The number of nitro groups is 1. The van der Waals surface area contributed by atoms with Crippen molar-refractivity contribution in [1.82, 2.24) is 0 Å². The molecule has 0 unspecified atom stereocenters. The largest absolute Gasteiger partial charge is 0.490 e. The zero-order valence-electron chi connectivity index (χ0n) is 13.9. The van der Waals surface area contributed by atoms with E-state index in [-0.39, 0.29) is 25.7 Å². The normalized spacial score (nSPS) is 12.8. The van der Waals surface area contributed by atoms with Gasteiger partial charge in [0.15, 0.2) is 18.3 Å². The molecule has 25 heavy (non-hydrogen) atoms. The van der Waals surface area contributed by atoms with Gasteiger partial charge in [0.2, 0.25) is 0 Å². The summed E-state index contributed by atoms with van der Waals surface area (Å²) < 4.78 is 22.2. The van der Waals surface area contributed by atoms with E-state index in [0.717, 1.165) is 6.42 Å². The molecule has 1 aliphatic rings. The molecule has 3 rings (SSSR count). The van der Waals surface area contributed by atoms with Gasteiger partial charge in [0.05, 0.1) is 18.1 Å². The molecule has 0 saturated carbocycles. The lowest BCUT2D eigenvalue weighted by atomic mass is 10.1. The third-order valence-electron chi connectivity index (χ3n) is 3.68. The van der Waals surface area contributed by atoms with Crippen LogP contribution in [0.15, 0.2) is 36.4 Å². The summed E-state index contributed by atoms with van der Waals surface area (Å²) in [5.74, 6) is 1.82. The van der Waals surface area contributed by atoms with Gasteiger partial charge >= 0.3 is 0 Å². The van der Waals surface area contributed by atoms with E-state index in [0.29, 0.717) is 35.0 Å². The summed E-state index contributed by atoms with van der Waals surface area (Å²) in [5.41, 5.74) is 1.24. The molecule has 2 aromatic rings. The number of ether oxygens (including phenoxy) is 4. The van der Waals surface area contributed by atoms with E-state index in [1.54, 1.807) is 6.07 Å². The average molecular weight is 345 g/mol. The number of nitrogens with zero attached hydrogens (tertiary/aromatic N) is 1. The zero-order valence-corrected chi connectivity index (χ0v) is 13.9. The highest BCUT2D eigenvalue weighted by Gasteiger charge is 2.21. The molecule has 0 atom stereocenters. The molecule has 0 saturated heterocycles. The van der Waals surface area contributed by atoms with Crippen LogP contribution >= 0.6 is 0 Å². The third-order valence-corrected chi connectivity index (χ3v) is 3.68. The summed E-state index contributed by atoms with van der Waals surface area (Å²) in [4.78, 5) is 10.7. The van der Waals surface area contributed by atoms with Gasteiger partial charge in [0, 0.05) is 23.3 Å². The standard InChI is InChI=1S/C18H19NO6/c1-2-7-23-16-5-3-4-6-17(16)24-11-14-9-15(19(20)21)8-13-10-22-12-25-18(13)14/h3-6,8-9H,2,7,10-12H2,1H3. The van der Waals surface area contributed by atoms with Gasteiger partial charge in [-0.3, -0.25) is 10.1 Å². The summed E-state index contributed by atoms with van der Waals surface area (Å²) >= 11 is 0. The van der Waals surface area contributed by atoms with Gasteiger partial charge in [-0.05, 0) is 18.6 Å². The molecular formula is C18H19NO6. The molecule has 132 valence electrons. The molecular weight excluding hydrogens is 326 g/mol. The molecule has 7 heteroatoms. The first-order valence-electron chi connectivity index (χ1n) is 8.04. The van der Waals surface area contributed by atoms with Gasteiger partial charge in [-0.25, -0.2) is 0 Å². The molecule has 2 aromatic carbocycles. The van der Waals surface area contributed by atoms with E-state index in [9.17, 15) is 10.1 Å². The van der Waals surface area contributed by atoms with E-state index in [1.165, 1.54) is 12.1 Å². The molecule has 1 aliphatic heterocycles. The van der Waals surface area contributed by atoms with Crippen molar-refractivity contribution in [2.75, 3.05) is 13.4 Å².